The number of carboxylic acid groups (broad SMARTS) is 1. The lowest BCUT2D eigenvalue weighted by Crippen LogP contribution is -2.26. The van der Waals surface area contributed by atoms with Crippen LogP contribution < -0.4 is 4.90 Å². The molecule has 3 rings (SSSR count). The van der Waals surface area contributed by atoms with E-state index >= 15 is 0 Å². The van der Waals surface area contributed by atoms with Crippen molar-refractivity contribution in [1.29, 1.82) is 0 Å². The summed E-state index contributed by atoms with van der Waals surface area (Å²) in [6.07, 6.45) is 5.21. The maximum Gasteiger partial charge on any atom is 0.337 e. The predicted molar refractivity (Wildman–Crippen MR) is 77.7 cm³/mol. The Kier molecular flexibility index (Phi) is 3.14. The Morgan fingerprint density at radius 2 is 2.15 bits per heavy atom. The van der Waals surface area contributed by atoms with E-state index in [4.69, 9.17) is 0 Å². The molecule has 0 atom stereocenters. The first-order chi connectivity index (χ1) is 9.66. The fraction of sp³-hybridized carbons (Fsp3) is 0.250. The Hall–Kier alpha value is -2.36. The van der Waals surface area contributed by atoms with E-state index in [2.05, 4.69) is 35.0 Å². The number of rotatable bonds is 2. The van der Waals surface area contributed by atoms with E-state index in [0.717, 1.165) is 25.1 Å². The standard InChI is InChI=1S/C16H16N2O2/c1-11-4-5-14-12(9-11)3-2-8-18(14)15-10-17-7-6-13(15)16(19)20/h4-7,9-10H,2-3,8H2,1H3,(H,19,20). The highest BCUT2D eigenvalue weighted by Gasteiger charge is 2.22. The maximum atomic E-state index is 11.4. The number of aryl methyl sites for hydroxylation is 2. The molecule has 1 aliphatic rings. The third-order valence-corrected chi connectivity index (χ3v) is 3.67. The van der Waals surface area contributed by atoms with Gasteiger partial charge < -0.3 is 10.0 Å². The van der Waals surface area contributed by atoms with Crippen LogP contribution in [0.15, 0.2) is 36.7 Å². The van der Waals surface area contributed by atoms with E-state index < -0.39 is 5.97 Å². The number of hydrogen-bond donors (Lipinski definition) is 1. The van der Waals surface area contributed by atoms with Crippen LogP contribution in [0.3, 0.4) is 0 Å². The van der Waals surface area contributed by atoms with Crippen molar-refractivity contribution in [2.75, 3.05) is 11.4 Å². The number of anilines is 2. The summed E-state index contributed by atoms with van der Waals surface area (Å²) >= 11 is 0. The molecule has 0 saturated carbocycles. The minimum Gasteiger partial charge on any atom is -0.478 e. The smallest absolute Gasteiger partial charge is 0.337 e. The molecule has 0 bridgehead atoms. The molecule has 0 saturated heterocycles. The number of aromatic carboxylic acids is 1. The van der Waals surface area contributed by atoms with Crippen molar-refractivity contribution in [2.45, 2.75) is 19.8 Å². The van der Waals surface area contributed by atoms with Gasteiger partial charge in [0.25, 0.3) is 0 Å². The summed E-state index contributed by atoms with van der Waals surface area (Å²) in [6.45, 7) is 2.90. The first-order valence-electron chi connectivity index (χ1n) is 6.71. The topological polar surface area (TPSA) is 53.4 Å². The molecule has 1 aliphatic heterocycles. The van der Waals surface area contributed by atoms with Crippen LogP contribution in [0.2, 0.25) is 0 Å². The average Bonchev–Trinajstić information content (AvgIpc) is 2.46. The fourth-order valence-corrected chi connectivity index (χ4v) is 2.76. The van der Waals surface area contributed by atoms with Gasteiger partial charge in [0.05, 0.1) is 17.4 Å². The number of pyridine rings is 1. The molecule has 20 heavy (non-hydrogen) atoms. The molecule has 4 nitrogen and oxygen atoms in total. The van der Waals surface area contributed by atoms with Gasteiger partial charge in [-0.05, 0) is 37.5 Å². The van der Waals surface area contributed by atoms with Gasteiger partial charge in [-0.2, -0.15) is 0 Å². The number of hydrogen-bond acceptors (Lipinski definition) is 3. The molecule has 0 spiro atoms. The van der Waals surface area contributed by atoms with Crippen LogP contribution in [0.5, 0.6) is 0 Å². The van der Waals surface area contributed by atoms with Gasteiger partial charge in [-0.3, -0.25) is 4.98 Å². The lowest BCUT2D eigenvalue weighted by Gasteiger charge is -2.32. The second-order valence-corrected chi connectivity index (χ2v) is 5.09. The molecule has 0 amide bonds. The second kappa shape index (κ2) is 4.96. The molecular formula is C16H16N2O2. The van der Waals surface area contributed by atoms with E-state index in [1.807, 2.05) is 0 Å². The molecule has 2 heterocycles. The summed E-state index contributed by atoms with van der Waals surface area (Å²) in [5.74, 6) is -0.915. The van der Waals surface area contributed by atoms with Crippen molar-refractivity contribution < 1.29 is 9.90 Å². The Morgan fingerprint density at radius 1 is 1.30 bits per heavy atom. The number of fused-ring (bicyclic) bond motifs is 1. The van der Waals surface area contributed by atoms with Gasteiger partial charge in [-0.1, -0.05) is 17.7 Å². The molecule has 0 radical (unpaired) electrons. The molecule has 0 aliphatic carbocycles. The maximum absolute atomic E-state index is 11.4. The summed E-state index contributed by atoms with van der Waals surface area (Å²) in [7, 11) is 0. The lowest BCUT2D eigenvalue weighted by molar-refractivity contribution is 0.0697. The normalized spacial score (nSPS) is 13.9. The highest BCUT2D eigenvalue weighted by Crippen LogP contribution is 2.35. The zero-order valence-corrected chi connectivity index (χ0v) is 11.3. The first kappa shape index (κ1) is 12.7. The minimum absolute atomic E-state index is 0.299. The lowest BCUT2D eigenvalue weighted by atomic mass is 9.98. The summed E-state index contributed by atoms with van der Waals surface area (Å²) < 4.78 is 0. The molecule has 2 aromatic rings. The predicted octanol–water partition coefficient (Wildman–Crippen LogP) is 3.17. The monoisotopic (exact) mass is 268 g/mol. The Balaban J connectivity index is 2.12. The summed E-state index contributed by atoms with van der Waals surface area (Å²) in [5, 5.41) is 9.33. The van der Waals surface area contributed by atoms with Crippen LogP contribution in [0.1, 0.15) is 27.9 Å². The van der Waals surface area contributed by atoms with Gasteiger partial charge in [-0.15, -0.1) is 0 Å². The van der Waals surface area contributed by atoms with Crippen LogP contribution in [0, 0.1) is 6.92 Å². The van der Waals surface area contributed by atoms with Crippen molar-refractivity contribution in [2.24, 2.45) is 0 Å². The van der Waals surface area contributed by atoms with Crippen molar-refractivity contribution >= 4 is 17.3 Å². The van der Waals surface area contributed by atoms with Crippen LogP contribution in [-0.4, -0.2) is 22.6 Å². The summed E-state index contributed by atoms with van der Waals surface area (Å²) in [5.41, 5.74) is 4.57. The number of aromatic nitrogens is 1. The van der Waals surface area contributed by atoms with Crippen molar-refractivity contribution in [3.63, 3.8) is 0 Å². The van der Waals surface area contributed by atoms with Crippen LogP contribution in [0.4, 0.5) is 11.4 Å². The second-order valence-electron chi connectivity index (χ2n) is 5.09. The Labute approximate surface area is 117 Å². The van der Waals surface area contributed by atoms with E-state index in [0.29, 0.717) is 11.3 Å². The minimum atomic E-state index is -0.915. The van der Waals surface area contributed by atoms with Gasteiger partial charge in [0.1, 0.15) is 0 Å². The van der Waals surface area contributed by atoms with Crippen LogP contribution in [-0.2, 0) is 6.42 Å². The zero-order chi connectivity index (χ0) is 14.1. The molecule has 1 aromatic heterocycles. The number of carbonyl (C=O) groups is 1. The van der Waals surface area contributed by atoms with Gasteiger partial charge in [0.15, 0.2) is 0 Å². The van der Waals surface area contributed by atoms with Crippen molar-refractivity contribution in [3.8, 4) is 0 Å². The van der Waals surface area contributed by atoms with Gasteiger partial charge >= 0.3 is 5.97 Å². The van der Waals surface area contributed by atoms with Crippen LogP contribution >= 0.6 is 0 Å². The number of benzene rings is 1. The molecule has 0 fully saturated rings. The fourth-order valence-electron chi connectivity index (χ4n) is 2.76. The van der Waals surface area contributed by atoms with E-state index in [1.54, 1.807) is 12.3 Å². The molecule has 4 heteroatoms. The van der Waals surface area contributed by atoms with Gasteiger partial charge in [0.2, 0.25) is 0 Å². The van der Waals surface area contributed by atoms with E-state index in [1.165, 1.54) is 17.3 Å². The third kappa shape index (κ3) is 2.13. The largest absolute Gasteiger partial charge is 0.478 e. The number of nitrogens with zero attached hydrogens (tertiary/aromatic N) is 2. The van der Waals surface area contributed by atoms with E-state index in [9.17, 15) is 9.90 Å². The average molecular weight is 268 g/mol. The van der Waals surface area contributed by atoms with Gasteiger partial charge in [0, 0.05) is 18.4 Å². The first-order valence-corrected chi connectivity index (χ1v) is 6.71. The van der Waals surface area contributed by atoms with Crippen molar-refractivity contribution in [1.82, 2.24) is 4.98 Å². The van der Waals surface area contributed by atoms with Crippen molar-refractivity contribution in [3.05, 3.63) is 53.3 Å². The third-order valence-electron chi connectivity index (χ3n) is 3.67. The number of carboxylic acids is 1. The summed E-state index contributed by atoms with van der Waals surface area (Å²) in [6, 6.07) is 7.87. The SMILES string of the molecule is Cc1ccc2c(c1)CCCN2c1cnccc1C(=O)O. The Bertz CT molecular complexity index is 667. The highest BCUT2D eigenvalue weighted by atomic mass is 16.4. The van der Waals surface area contributed by atoms with Gasteiger partial charge in [-0.25, -0.2) is 4.79 Å². The highest BCUT2D eigenvalue weighted by molar-refractivity contribution is 5.95. The van der Waals surface area contributed by atoms with E-state index in [-0.39, 0.29) is 0 Å². The summed E-state index contributed by atoms with van der Waals surface area (Å²) in [4.78, 5) is 17.5. The molecular weight excluding hydrogens is 252 g/mol. The van der Waals surface area contributed by atoms with Crippen LogP contribution in [0.25, 0.3) is 0 Å². The molecule has 102 valence electrons. The molecule has 1 N–H and O–H groups in total. The zero-order valence-electron chi connectivity index (χ0n) is 11.3. The molecule has 0 unspecified atom stereocenters. The Morgan fingerprint density at radius 3 is 2.95 bits per heavy atom. The molecule has 1 aromatic carbocycles. The quantitative estimate of drug-likeness (QED) is 0.909.